The van der Waals surface area contributed by atoms with E-state index in [1.807, 2.05) is 12.1 Å². The van der Waals surface area contributed by atoms with Crippen LogP contribution in [-0.4, -0.2) is 62.0 Å². The molecule has 0 radical (unpaired) electrons. The smallest absolute Gasteiger partial charge is 0.271 e. The largest absolute Gasteiger partial charge is 0.495 e. The molecule has 0 heterocycles. The van der Waals surface area contributed by atoms with Crippen LogP contribution >= 0.6 is 15.9 Å². The molecule has 1 aliphatic carbocycles. The number of methoxy groups -OCH3 is 1. The van der Waals surface area contributed by atoms with Gasteiger partial charge in [0.25, 0.3) is 5.69 Å². The number of benzene rings is 2. The van der Waals surface area contributed by atoms with Gasteiger partial charge in [0.05, 0.1) is 18.3 Å². The van der Waals surface area contributed by atoms with Crippen LogP contribution in [-0.2, 0) is 26.2 Å². The van der Waals surface area contributed by atoms with E-state index in [-0.39, 0.29) is 35.6 Å². The molecule has 3 rings (SSSR count). The van der Waals surface area contributed by atoms with Crippen molar-refractivity contribution in [3.05, 3.63) is 62.6 Å². The summed E-state index contributed by atoms with van der Waals surface area (Å²) < 4.78 is 32.6. The molecule has 0 unspecified atom stereocenters. The molecule has 13 heteroatoms. The molecule has 1 atom stereocenters. The highest BCUT2D eigenvalue weighted by molar-refractivity contribution is 9.10. The highest BCUT2D eigenvalue weighted by Gasteiger charge is 2.32. The number of hydrogen-bond acceptors (Lipinski definition) is 7. The Labute approximate surface area is 236 Å². The van der Waals surface area contributed by atoms with Crippen molar-refractivity contribution in [2.75, 3.05) is 24.2 Å². The number of carbonyl (C=O) groups excluding carboxylic acids is 2. The lowest BCUT2D eigenvalue weighted by Crippen LogP contribution is -2.53. The Hall–Kier alpha value is -3.19. The van der Waals surface area contributed by atoms with Crippen LogP contribution in [0.15, 0.2) is 46.9 Å². The quantitative estimate of drug-likeness (QED) is 0.294. The molecule has 11 nitrogen and oxygen atoms in total. The summed E-state index contributed by atoms with van der Waals surface area (Å²) in [5.74, 6) is -0.934. The summed E-state index contributed by atoms with van der Waals surface area (Å²) in [5.41, 5.74) is 0.229. The maximum absolute atomic E-state index is 13.8. The fraction of sp³-hybridized carbons (Fsp3) is 0.462. The molecule has 212 valence electrons. The van der Waals surface area contributed by atoms with Gasteiger partial charge in [0, 0.05) is 29.2 Å². The SMILES string of the molecule is COc1ccc([N+](=O)[O-])cc1N(CC(=O)N(Cc1ccc(Br)cc1)[C@H](C)C(=O)NC1CCCCC1)S(C)(=O)=O. The first-order valence-corrected chi connectivity index (χ1v) is 15.2. The van der Waals surface area contributed by atoms with Crippen LogP contribution in [0.3, 0.4) is 0 Å². The topological polar surface area (TPSA) is 139 Å². The summed E-state index contributed by atoms with van der Waals surface area (Å²) in [5, 5.41) is 14.4. The first-order chi connectivity index (χ1) is 18.4. The number of rotatable bonds is 11. The summed E-state index contributed by atoms with van der Waals surface area (Å²) in [6.07, 6.45) is 5.81. The molecule has 2 aromatic carbocycles. The zero-order chi connectivity index (χ0) is 28.7. The van der Waals surface area contributed by atoms with E-state index in [2.05, 4.69) is 21.2 Å². The summed E-state index contributed by atoms with van der Waals surface area (Å²) in [6, 6.07) is 9.84. The zero-order valence-corrected chi connectivity index (χ0v) is 24.5. The van der Waals surface area contributed by atoms with Crippen molar-refractivity contribution in [1.82, 2.24) is 10.2 Å². The summed E-state index contributed by atoms with van der Waals surface area (Å²) >= 11 is 3.38. The van der Waals surface area contributed by atoms with E-state index >= 15 is 0 Å². The molecule has 0 spiro atoms. The third-order valence-electron chi connectivity index (χ3n) is 6.71. The maximum Gasteiger partial charge on any atom is 0.271 e. The molecule has 0 aliphatic heterocycles. The minimum Gasteiger partial charge on any atom is -0.495 e. The summed E-state index contributed by atoms with van der Waals surface area (Å²) in [4.78, 5) is 39.0. The van der Waals surface area contributed by atoms with Gasteiger partial charge in [-0.3, -0.25) is 24.0 Å². The van der Waals surface area contributed by atoms with Crippen molar-refractivity contribution >= 4 is 49.1 Å². The zero-order valence-electron chi connectivity index (χ0n) is 22.1. The molecule has 2 aromatic rings. The Morgan fingerprint density at radius 1 is 1.15 bits per heavy atom. The fourth-order valence-corrected chi connectivity index (χ4v) is 5.63. The van der Waals surface area contributed by atoms with Crippen molar-refractivity contribution < 1.29 is 27.7 Å². The number of nitrogens with one attached hydrogen (secondary N) is 1. The lowest BCUT2D eigenvalue weighted by molar-refractivity contribution is -0.384. The number of ether oxygens (including phenoxy) is 1. The molecule has 1 saturated carbocycles. The Balaban J connectivity index is 1.95. The number of sulfonamides is 1. The number of nitrogens with zero attached hydrogens (tertiary/aromatic N) is 3. The predicted octanol–water partition coefficient (Wildman–Crippen LogP) is 4.00. The lowest BCUT2D eigenvalue weighted by Gasteiger charge is -2.33. The Morgan fingerprint density at radius 2 is 1.79 bits per heavy atom. The third kappa shape index (κ3) is 8.15. The van der Waals surface area contributed by atoms with E-state index in [0.29, 0.717) is 0 Å². The van der Waals surface area contributed by atoms with Crippen molar-refractivity contribution in [2.24, 2.45) is 0 Å². The van der Waals surface area contributed by atoms with Crippen LogP contribution in [0.25, 0.3) is 0 Å². The van der Waals surface area contributed by atoms with Crippen LogP contribution < -0.4 is 14.4 Å². The first kappa shape index (κ1) is 30.4. The average molecular weight is 626 g/mol. The van der Waals surface area contributed by atoms with Crippen molar-refractivity contribution in [1.29, 1.82) is 0 Å². The Bertz CT molecular complexity index is 1300. The number of nitro benzene ring substituents is 1. The molecule has 0 saturated heterocycles. The van der Waals surface area contributed by atoms with Crippen LogP contribution in [0.2, 0.25) is 0 Å². The second-order valence-corrected chi connectivity index (χ2v) is 12.4. The number of nitro groups is 1. The third-order valence-corrected chi connectivity index (χ3v) is 8.36. The normalized spacial score (nSPS) is 14.8. The van der Waals surface area contributed by atoms with E-state index < -0.39 is 33.4 Å². The molecule has 1 aliphatic rings. The maximum atomic E-state index is 13.8. The molecular formula is C26H33BrN4O7S. The van der Waals surface area contributed by atoms with Crippen LogP contribution in [0.5, 0.6) is 5.75 Å². The standard InChI is InChI=1S/C26H33BrN4O7S/c1-18(26(33)28-21-7-5-4-6-8-21)29(16-19-9-11-20(27)12-10-19)25(32)17-30(39(3,36)37)23-15-22(31(34)35)13-14-24(23)38-2/h9-15,18,21H,4-8,16-17H2,1-3H3,(H,28,33)/t18-/m1/s1. The van der Waals surface area contributed by atoms with Crippen molar-refractivity contribution in [3.8, 4) is 5.75 Å². The van der Waals surface area contributed by atoms with Crippen molar-refractivity contribution in [3.63, 3.8) is 0 Å². The van der Waals surface area contributed by atoms with Gasteiger partial charge in [-0.15, -0.1) is 0 Å². The fourth-order valence-electron chi connectivity index (χ4n) is 4.52. The number of carbonyl (C=O) groups is 2. The van der Waals surface area contributed by atoms with E-state index in [9.17, 15) is 28.1 Å². The average Bonchev–Trinajstić information content (AvgIpc) is 2.90. The minimum atomic E-state index is -4.09. The van der Waals surface area contributed by atoms with Crippen LogP contribution in [0.1, 0.15) is 44.6 Å². The van der Waals surface area contributed by atoms with E-state index in [1.54, 1.807) is 19.1 Å². The van der Waals surface area contributed by atoms with Gasteiger partial charge < -0.3 is 15.0 Å². The molecule has 0 bridgehead atoms. The van der Waals surface area contributed by atoms with Crippen LogP contribution in [0.4, 0.5) is 11.4 Å². The number of amides is 2. The highest BCUT2D eigenvalue weighted by atomic mass is 79.9. The van der Waals surface area contributed by atoms with E-state index in [0.717, 1.165) is 58.8 Å². The first-order valence-electron chi connectivity index (χ1n) is 12.5. The molecular weight excluding hydrogens is 592 g/mol. The van der Waals surface area contributed by atoms with Gasteiger partial charge in [-0.25, -0.2) is 8.42 Å². The number of anilines is 1. The van der Waals surface area contributed by atoms with Gasteiger partial charge in [-0.05, 0) is 43.5 Å². The number of hydrogen-bond donors (Lipinski definition) is 1. The Kier molecular flexibility index (Phi) is 10.3. The van der Waals surface area contributed by atoms with Crippen LogP contribution in [0, 0.1) is 10.1 Å². The van der Waals surface area contributed by atoms with Gasteiger partial charge in [-0.1, -0.05) is 47.3 Å². The number of halogens is 1. The molecule has 2 amide bonds. The lowest BCUT2D eigenvalue weighted by atomic mass is 9.95. The monoisotopic (exact) mass is 624 g/mol. The highest BCUT2D eigenvalue weighted by Crippen LogP contribution is 2.34. The van der Waals surface area contributed by atoms with E-state index in [1.165, 1.54) is 24.1 Å². The molecule has 39 heavy (non-hydrogen) atoms. The minimum absolute atomic E-state index is 0.0278. The van der Waals surface area contributed by atoms with Gasteiger partial charge in [0.1, 0.15) is 24.0 Å². The van der Waals surface area contributed by atoms with Gasteiger partial charge in [-0.2, -0.15) is 0 Å². The number of non-ortho nitro benzene ring substituents is 1. The molecule has 1 fully saturated rings. The second kappa shape index (κ2) is 13.2. The van der Waals surface area contributed by atoms with Gasteiger partial charge >= 0.3 is 0 Å². The van der Waals surface area contributed by atoms with Gasteiger partial charge in [0.2, 0.25) is 21.8 Å². The second-order valence-electron chi connectivity index (χ2n) is 9.55. The summed E-state index contributed by atoms with van der Waals surface area (Å²) in [7, 11) is -2.80. The van der Waals surface area contributed by atoms with Crippen molar-refractivity contribution in [2.45, 2.75) is 57.7 Å². The molecule has 1 N–H and O–H groups in total. The summed E-state index contributed by atoms with van der Waals surface area (Å²) in [6.45, 7) is 0.969. The Morgan fingerprint density at radius 3 is 2.36 bits per heavy atom. The molecule has 0 aromatic heterocycles. The predicted molar refractivity (Wildman–Crippen MR) is 151 cm³/mol. The van der Waals surface area contributed by atoms with E-state index in [4.69, 9.17) is 4.74 Å². The van der Waals surface area contributed by atoms with Gasteiger partial charge in [0.15, 0.2) is 0 Å².